The number of aliphatic hydroxyl groups is 2. The number of phenolic OH excluding ortho intramolecular Hbond substituents is 1. The number of anilines is 2. The van der Waals surface area contributed by atoms with Crippen molar-refractivity contribution in [3.8, 4) is 11.5 Å². The minimum absolute atomic E-state index is 0.0439. The number of aromatic hydroxyl groups is 1. The maximum absolute atomic E-state index is 13.4. The summed E-state index contributed by atoms with van der Waals surface area (Å²) >= 11 is 0. The van der Waals surface area contributed by atoms with Gasteiger partial charge in [0.2, 0.25) is 0 Å². The van der Waals surface area contributed by atoms with E-state index in [2.05, 4.69) is 15.5 Å². The molecule has 2 fully saturated rings. The van der Waals surface area contributed by atoms with Crippen molar-refractivity contribution < 1.29 is 29.6 Å². The number of piperidine rings is 1. The number of ether oxygens (including phenoxy) is 1. The number of phenols is 1. The van der Waals surface area contributed by atoms with E-state index in [0.29, 0.717) is 42.2 Å². The summed E-state index contributed by atoms with van der Waals surface area (Å²) in [5, 5.41) is 40.5. The van der Waals surface area contributed by atoms with E-state index in [1.54, 1.807) is 42.5 Å². The fourth-order valence-corrected chi connectivity index (χ4v) is 7.54. The lowest BCUT2D eigenvalue weighted by Crippen LogP contribution is -2.73. The summed E-state index contributed by atoms with van der Waals surface area (Å²) in [7, 11) is 0. The molecule has 9 heteroatoms. The van der Waals surface area contributed by atoms with E-state index in [9.17, 15) is 24.9 Å². The van der Waals surface area contributed by atoms with Gasteiger partial charge in [-0.05, 0) is 100 Å². The molecule has 0 radical (unpaired) electrons. The maximum Gasteiger partial charge on any atom is 0.255 e. The molecule has 1 spiro atoms. The number of rotatable bonds is 7. The summed E-state index contributed by atoms with van der Waals surface area (Å²) in [4.78, 5) is 28.4. The number of benzene rings is 3. The third kappa shape index (κ3) is 4.45. The Balaban J connectivity index is 1.15. The molecule has 9 nitrogen and oxygen atoms in total. The molecule has 1 saturated carbocycles. The zero-order chi connectivity index (χ0) is 30.8. The predicted octanol–water partition coefficient (Wildman–Crippen LogP) is 4.91. The van der Waals surface area contributed by atoms with E-state index in [-0.39, 0.29) is 34.8 Å². The molecule has 44 heavy (non-hydrogen) atoms. The van der Waals surface area contributed by atoms with Gasteiger partial charge in [0.15, 0.2) is 17.6 Å². The van der Waals surface area contributed by atoms with Crippen molar-refractivity contribution in [2.24, 2.45) is 5.92 Å². The van der Waals surface area contributed by atoms with Gasteiger partial charge in [-0.2, -0.15) is 0 Å². The van der Waals surface area contributed by atoms with Gasteiger partial charge in [-0.3, -0.25) is 14.5 Å². The predicted molar refractivity (Wildman–Crippen MR) is 166 cm³/mol. The van der Waals surface area contributed by atoms with E-state index in [0.717, 1.165) is 17.7 Å². The molecule has 2 bridgehead atoms. The van der Waals surface area contributed by atoms with E-state index in [4.69, 9.17) is 4.74 Å². The molecule has 1 saturated heterocycles. The first-order chi connectivity index (χ1) is 21.1. The van der Waals surface area contributed by atoms with Crippen LogP contribution in [0, 0.1) is 5.92 Å². The Morgan fingerprint density at radius 3 is 2.41 bits per heavy atom. The second-order valence-corrected chi connectivity index (χ2v) is 12.8. The molecule has 2 aliphatic carbocycles. The molecule has 2 amide bonds. The molecule has 2 aliphatic heterocycles. The lowest BCUT2D eigenvalue weighted by Gasteiger charge is -2.59. The van der Waals surface area contributed by atoms with E-state index < -0.39 is 23.0 Å². The monoisotopic (exact) mass is 595 g/mol. The summed E-state index contributed by atoms with van der Waals surface area (Å²) < 4.78 is 6.32. The van der Waals surface area contributed by atoms with Crippen molar-refractivity contribution in [1.29, 1.82) is 0 Å². The Morgan fingerprint density at radius 2 is 1.70 bits per heavy atom. The molecule has 3 aromatic rings. The van der Waals surface area contributed by atoms with Crippen LogP contribution in [0.1, 0.15) is 54.6 Å². The Morgan fingerprint density at radius 1 is 1.00 bits per heavy atom. The molecule has 0 aromatic heterocycles. The van der Waals surface area contributed by atoms with Crippen molar-refractivity contribution in [3.63, 3.8) is 0 Å². The number of hydrogen-bond donors (Lipinski definition) is 5. The van der Waals surface area contributed by atoms with Crippen LogP contribution < -0.4 is 15.4 Å². The molecule has 4 aliphatic rings. The average molecular weight is 596 g/mol. The standard InChI is InChI=1S/C35H37N3O6/c1-20(32(41)36-25-13-10-22(11-14-25)33(42)37-24-6-4-3-5-7-24)29(40)31-35-16-17-38(19-21-8-9-21)27(34(35,2)43)18-23-12-15-26(39)30(44-31)28(23)35/h3-7,10-15,21,27,31,39-40,43H,8-9,16-19H2,1-2H3,(H,36,41)(H,37,42)/b29-20-/t27-,31+,34-,35+/m1/s1. The van der Waals surface area contributed by atoms with Gasteiger partial charge in [0.25, 0.3) is 11.8 Å². The van der Waals surface area contributed by atoms with E-state index >= 15 is 0 Å². The first-order valence-electron chi connectivity index (χ1n) is 15.3. The molecule has 7 rings (SSSR count). The van der Waals surface area contributed by atoms with Crippen molar-refractivity contribution >= 4 is 23.2 Å². The second kappa shape index (κ2) is 10.4. The number of para-hydroxylation sites is 1. The number of hydrogen-bond acceptors (Lipinski definition) is 7. The number of nitrogens with one attached hydrogen (secondary N) is 2. The number of nitrogens with zero attached hydrogens (tertiary/aromatic N) is 1. The third-order valence-corrected chi connectivity index (χ3v) is 10.2. The minimum atomic E-state index is -1.29. The van der Waals surface area contributed by atoms with Gasteiger partial charge in [0, 0.05) is 35.1 Å². The molecular formula is C35H37N3O6. The molecular weight excluding hydrogens is 558 g/mol. The number of aliphatic hydroxyl groups excluding tert-OH is 1. The zero-order valence-electron chi connectivity index (χ0n) is 24.8. The van der Waals surface area contributed by atoms with Gasteiger partial charge in [0.1, 0.15) is 5.76 Å². The molecule has 0 unspecified atom stereocenters. The van der Waals surface area contributed by atoms with Crippen molar-refractivity contribution in [2.45, 2.75) is 62.7 Å². The summed E-state index contributed by atoms with van der Waals surface area (Å²) in [6.07, 6.45) is 2.48. The number of carbonyl (C=O) groups is 2. The number of amides is 2. The van der Waals surface area contributed by atoms with Gasteiger partial charge in [-0.25, -0.2) is 0 Å². The van der Waals surface area contributed by atoms with Crippen LogP contribution in [-0.2, 0) is 16.6 Å². The largest absolute Gasteiger partial charge is 0.508 e. The number of carbonyl (C=O) groups excluding carboxylic acids is 2. The number of fused-ring (bicyclic) bond motifs is 1. The minimum Gasteiger partial charge on any atom is -0.508 e. The molecule has 2 heterocycles. The summed E-state index contributed by atoms with van der Waals surface area (Å²) in [5.74, 6) is -0.220. The Labute approximate surface area is 256 Å². The van der Waals surface area contributed by atoms with Gasteiger partial charge >= 0.3 is 0 Å². The van der Waals surface area contributed by atoms with E-state index in [1.165, 1.54) is 19.8 Å². The van der Waals surface area contributed by atoms with Crippen molar-refractivity contribution in [2.75, 3.05) is 23.7 Å². The lowest BCUT2D eigenvalue weighted by atomic mass is 9.53. The SMILES string of the molecule is C/C(C(=O)Nc1ccc(C(=O)Nc2ccccc2)cc1)=C(/O)[C@@H]1Oc2c(O)ccc3c2[C@@]12CCN(CC1CC1)[C@H](C3)[C@@]2(C)O. The Bertz CT molecular complexity index is 1660. The third-order valence-electron chi connectivity index (χ3n) is 10.2. The van der Waals surface area contributed by atoms with Crippen LogP contribution in [-0.4, -0.2) is 62.9 Å². The number of likely N-dealkylation sites (tertiary alicyclic amines) is 1. The molecule has 3 aromatic carbocycles. The van der Waals surface area contributed by atoms with Crippen molar-refractivity contribution in [3.05, 3.63) is 94.8 Å². The smallest absolute Gasteiger partial charge is 0.255 e. The van der Waals surface area contributed by atoms with Gasteiger partial charge in [0.05, 0.1) is 16.6 Å². The molecule has 228 valence electrons. The second-order valence-electron chi connectivity index (χ2n) is 12.8. The zero-order valence-corrected chi connectivity index (χ0v) is 24.8. The van der Waals surface area contributed by atoms with Crippen LogP contribution in [0.15, 0.2) is 78.1 Å². The fourth-order valence-electron chi connectivity index (χ4n) is 7.54. The van der Waals surface area contributed by atoms with Crippen LogP contribution in [0.2, 0.25) is 0 Å². The highest BCUT2D eigenvalue weighted by molar-refractivity contribution is 6.06. The van der Waals surface area contributed by atoms with Crippen LogP contribution >= 0.6 is 0 Å². The highest BCUT2D eigenvalue weighted by Gasteiger charge is 2.69. The highest BCUT2D eigenvalue weighted by atomic mass is 16.5. The van der Waals surface area contributed by atoms with Gasteiger partial charge in [-0.15, -0.1) is 0 Å². The Kier molecular flexibility index (Phi) is 6.71. The van der Waals surface area contributed by atoms with E-state index in [1.807, 2.05) is 31.2 Å². The lowest BCUT2D eigenvalue weighted by molar-refractivity contribution is -0.153. The van der Waals surface area contributed by atoms with Gasteiger partial charge in [-0.1, -0.05) is 24.3 Å². The Hall–Kier alpha value is -4.34. The fraction of sp³-hybridized carbons (Fsp3) is 0.371. The maximum atomic E-state index is 13.4. The van der Waals surface area contributed by atoms with Crippen LogP contribution in [0.3, 0.4) is 0 Å². The normalized spacial score (nSPS) is 27.5. The van der Waals surface area contributed by atoms with Crippen LogP contribution in [0.25, 0.3) is 0 Å². The van der Waals surface area contributed by atoms with Crippen LogP contribution in [0.5, 0.6) is 11.5 Å². The average Bonchev–Trinajstić information content (AvgIpc) is 3.76. The highest BCUT2D eigenvalue weighted by Crippen LogP contribution is 2.63. The first kappa shape index (κ1) is 28.4. The van der Waals surface area contributed by atoms with Crippen LogP contribution in [0.4, 0.5) is 11.4 Å². The van der Waals surface area contributed by atoms with Gasteiger partial charge < -0.3 is 30.7 Å². The molecule has 4 atom stereocenters. The van der Waals surface area contributed by atoms with Crippen molar-refractivity contribution in [1.82, 2.24) is 4.90 Å². The summed E-state index contributed by atoms with van der Waals surface area (Å²) in [6, 6.07) is 18.9. The summed E-state index contributed by atoms with van der Waals surface area (Å²) in [5.41, 5.74) is 0.988. The first-order valence-corrected chi connectivity index (χ1v) is 15.3. The molecule has 5 N–H and O–H groups in total. The topological polar surface area (TPSA) is 131 Å². The quantitative estimate of drug-likeness (QED) is 0.194. The summed E-state index contributed by atoms with van der Waals surface area (Å²) in [6.45, 7) is 4.98.